The number of alkyl halides is 3. The fraction of sp³-hybridized carbons (Fsp3) is 0.211. The van der Waals surface area contributed by atoms with Gasteiger partial charge in [-0.05, 0) is 49.2 Å². The van der Waals surface area contributed by atoms with Gasteiger partial charge < -0.3 is 5.32 Å². The van der Waals surface area contributed by atoms with E-state index in [1.165, 1.54) is 6.07 Å². The minimum absolute atomic E-state index is 0.251. The average molecular weight is 378 g/mol. The maximum atomic E-state index is 13.1. The van der Waals surface area contributed by atoms with Crippen LogP contribution in [0.15, 0.2) is 42.5 Å². The van der Waals surface area contributed by atoms with E-state index in [-0.39, 0.29) is 5.02 Å². The Morgan fingerprint density at radius 3 is 2.69 bits per heavy atom. The molecule has 3 nitrogen and oxygen atoms in total. The van der Waals surface area contributed by atoms with E-state index < -0.39 is 11.7 Å². The monoisotopic (exact) mass is 377 g/mol. The highest BCUT2D eigenvalue weighted by Crippen LogP contribution is 2.40. The van der Waals surface area contributed by atoms with Crippen LogP contribution < -0.4 is 5.32 Å². The number of rotatable bonds is 2. The molecule has 1 aromatic heterocycles. The summed E-state index contributed by atoms with van der Waals surface area (Å²) in [5.74, 6) is 0.805. The Bertz CT molecular complexity index is 992. The summed E-state index contributed by atoms with van der Waals surface area (Å²) in [7, 11) is 0. The van der Waals surface area contributed by atoms with Crippen LogP contribution in [0.1, 0.15) is 16.7 Å². The number of aryl methyl sites for hydroxylation is 1. The van der Waals surface area contributed by atoms with Gasteiger partial charge >= 0.3 is 6.18 Å². The smallest absolute Gasteiger partial charge is 0.369 e. The molecule has 0 unspecified atom stereocenters. The van der Waals surface area contributed by atoms with Crippen molar-refractivity contribution in [3.63, 3.8) is 0 Å². The Labute approximate surface area is 153 Å². The van der Waals surface area contributed by atoms with E-state index in [1.54, 1.807) is 4.68 Å². The Balaban J connectivity index is 1.91. The van der Waals surface area contributed by atoms with Gasteiger partial charge in [0.1, 0.15) is 5.82 Å². The minimum atomic E-state index is -4.43. The van der Waals surface area contributed by atoms with Gasteiger partial charge in [-0.3, -0.25) is 0 Å². The molecule has 0 amide bonds. The third-order valence-electron chi connectivity index (χ3n) is 4.45. The fourth-order valence-corrected chi connectivity index (χ4v) is 3.43. The second kappa shape index (κ2) is 6.06. The van der Waals surface area contributed by atoms with Crippen LogP contribution in [0, 0.1) is 6.92 Å². The summed E-state index contributed by atoms with van der Waals surface area (Å²) in [6.45, 7) is 2.69. The van der Waals surface area contributed by atoms with E-state index in [4.69, 9.17) is 11.6 Å². The van der Waals surface area contributed by atoms with Crippen LogP contribution in [-0.4, -0.2) is 16.3 Å². The Kier molecular flexibility index (Phi) is 3.95. The molecule has 1 aliphatic rings. The van der Waals surface area contributed by atoms with Crippen LogP contribution in [0.25, 0.3) is 16.9 Å². The molecule has 134 valence electrons. The van der Waals surface area contributed by atoms with Crippen molar-refractivity contribution in [1.82, 2.24) is 9.78 Å². The number of nitrogens with zero attached hydrogens (tertiary/aromatic N) is 2. The molecule has 0 bridgehead atoms. The number of hydrogen-bond acceptors (Lipinski definition) is 2. The number of anilines is 1. The lowest BCUT2D eigenvalue weighted by molar-refractivity contribution is -0.137. The van der Waals surface area contributed by atoms with Gasteiger partial charge in [0.25, 0.3) is 0 Å². The van der Waals surface area contributed by atoms with Crippen molar-refractivity contribution in [2.75, 3.05) is 11.9 Å². The van der Waals surface area contributed by atoms with Crippen molar-refractivity contribution in [2.24, 2.45) is 0 Å². The lowest BCUT2D eigenvalue weighted by atomic mass is 10.0. The van der Waals surface area contributed by atoms with Crippen molar-refractivity contribution >= 4 is 17.4 Å². The number of nitrogens with one attached hydrogen (secondary N) is 1. The first-order valence-corrected chi connectivity index (χ1v) is 8.52. The molecule has 7 heteroatoms. The number of aromatic nitrogens is 2. The number of fused-ring (bicyclic) bond motifs is 1. The molecule has 0 aliphatic carbocycles. The van der Waals surface area contributed by atoms with Crippen LogP contribution in [-0.2, 0) is 12.6 Å². The predicted octanol–water partition coefficient (Wildman–Crippen LogP) is 5.49. The summed E-state index contributed by atoms with van der Waals surface area (Å²) in [6, 6.07) is 11.1. The molecule has 1 aliphatic heterocycles. The molecule has 0 atom stereocenters. The molecular weight excluding hydrogens is 363 g/mol. The molecule has 2 aromatic carbocycles. The zero-order valence-corrected chi connectivity index (χ0v) is 14.6. The molecule has 0 saturated carbocycles. The second-order valence-corrected chi connectivity index (χ2v) is 6.70. The lowest BCUT2D eigenvalue weighted by Gasteiger charge is -2.10. The summed E-state index contributed by atoms with van der Waals surface area (Å²) in [4.78, 5) is 0. The summed E-state index contributed by atoms with van der Waals surface area (Å²) in [6.07, 6.45) is -3.75. The predicted molar refractivity (Wildman–Crippen MR) is 95.9 cm³/mol. The van der Waals surface area contributed by atoms with E-state index in [1.807, 2.05) is 31.2 Å². The molecule has 2 heterocycles. The van der Waals surface area contributed by atoms with Crippen molar-refractivity contribution in [3.05, 3.63) is 64.2 Å². The first kappa shape index (κ1) is 17.0. The van der Waals surface area contributed by atoms with Gasteiger partial charge in [0.05, 0.1) is 22.0 Å². The van der Waals surface area contributed by atoms with E-state index in [9.17, 15) is 13.2 Å². The van der Waals surface area contributed by atoms with Gasteiger partial charge in [-0.1, -0.05) is 23.7 Å². The first-order chi connectivity index (χ1) is 12.3. The first-order valence-electron chi connectivity index (χ1n) is 8.14. The Morgan fingerprint density at radius 1 is 1.15 bits per heavy atom. The summed E-state index contributed by atoms with van der Waals surface area (Å²) in [5, 5.41) is 8.13. The third kappa shape index (κ3) is 2.84. The molecule has 1 N–H and O–H groups in total. The van der Waals surface area contributed by atoms with Crippen molar-refractivity contribution in [2.45, 2.75) is 19.5 Å². The normalized spacial score (nSPS) is 13.6. The molecular formula is C19H15ClF3N3. The van der Waals surface area contributed by atoms with Crippen LogP contribution in [0.4, 0.5) is 19.0 Å². The lowest BCUT2D eigenvalue weighted by Crippen LogP contribution is -2.06. The molecule has 26 heavy (non-hydrogen) atoms. The Hall–Kier alpha value is -2.47. The zero-order chi connectivity index (χ0) is 18.5. The van der Waals surface area contributed by atoms with E-state index in [0.717, 1.165) is 34.8 Å². The van der Waals surface area contributed by atoms with Crippen molar-refractivity contribution < 1.29 is 13.2 Å². The summed E-state index contributed by atoms with van der Waals surface area (Å²) >= 11 is 6.23. The highest BCUT2D eigenvalue weighted by atomic mass is 35.5. The quantitative estimate of drug-likeness (QED) is 0.640. The maximum absolute atomic E-state index is 13.1. The van der Waals surface area contributed by atoms with Gasteiger partial charge in [-0.2, -0.15) is 18.3 Å². The van der Waals surface area contributed by atoms with Crippen LogP contribution in [0.2, 0.25) is 5.02 Å². The van der Waals surface area contributed by atoms with E-state index in [0.29, 0.717) is 24.2 Å². The van der Waals surface area contributed by atoms with Gasteiger partial charge in [-0.15, -0.1) is 0 Å². The topological polar surface area (TPSA) is 29.9 Å². The van der Waals surface area contributed by atoms with Gasteiger partial charge in [-0.25, -0.2) is 4.68 Å². The molecule has 0 fully saturated rings. The van der Waals surface area contributed by atoms with Crippen LogP contribution in [0.5, 0.6) is 0 Å². The van der Waals surface area contributed by atoms with Gasteiger partial charge in [0.2, 0.25) is 0 Å². The van der Waals surface area contributed by atoms with Gasteiger partial charge in [0.15, 0.2) is 0 Å². The average Bonchev–Trinajstić information content (AvgIpc) is 3.16. The van der Waals surface area contributed by atoms with Gasteiger partial charge in [0, 0.05) is 17.7 Å². The Morgan fingerprint density at radius 2 is 1.96 bits per heavy atom. The third-order valence-corrected chi connectivity index (χ3v) is 4.78. The number of hydrogen-bond donors (Lipinski definition) is 1. The molecule has 0 spiro atoms. The van der Waals surface area contributed by atoms with Crippen LogP contribution >= 0.6 is 11.6 Å². The largest absolute Gasteiger partial charge is 0.416 e. The summed E-state index contributed by atoms with van der Waals surface area (Å²) < 4.78 is 41.1. The van der Waals surface area contributed by atoms with Crippen molar-refractivity contribution in [3.8, 4) is 16.9 Å². The number of halogens is 4. The fourth-order valence-electron chi connectivity index (χ4n) is 3.22. The standard InChI is InChI=1S/C19H15ClF3N3/c1-11-3-2-4-13(9-11)26-18-14(7-8-24-18)17(25-26)15-10-12(19(21,22)23)5-6-16(15)20/h2-6,9-10,24H,7-8H2,1H3. The van der Waals surface area contributed by atoms with Crippen molar-refractivity contribution in [1.29, 1.82) is 0 Å². The SMILES string of the molecule is Cc1cccc(-n2nc(-c3cc(C(F)(F)F)ccc3Cl)c3c2NCC3)c1. The zero-order valence-electron chi connectivity index (χ0n) is 13.9. The maximum Gasteiger partial charge on any atom is 0.416 e. The minimum Gasteiger partial charge on any atom is -0.369 e. The highest BCUT2D eigenvalue weighted by Gasteiger charge is 2.32. The molecule has 4 rings (SSSR count). The molecule has 0 saturated heterocycles. The van der Waals surface area contributed by atoms with E-state index >= 15 is 0 Å². The molecule has 0 radical (unpaired) electrons. The highest BCUT2D eigenvalue weighted by molar-refractivity contribution is 6.33. The molecule has 3 aromatic rings. The summed E-state index contributed by atoms with van der Waals surface area (Å²) in [5.41, 5.74) is 2.86. The van der Waals surface area contributed by atoms with Crippen LogP contribution in [0.3, 0.4) is 0 Å². The van der Waals surface area contributed by atoms with E-state index in [2.05, 4.69) is 10.4 Å². The second-order valence-electron chi connectivity index (χ2n) is 6.30. The number of benzene rings is 2.